The van der Waals surface area contributed by atoms with Gasteiger partial charge in [0.15, 0.2) is 0 Å². The lowest BCUT2D eigenvalue weighted by atomic mass is 9.89. The zero-order chi connectivity index (χ0) is 18.0. The third-order valence-electron chi connectivity index (χ3n) is 5.01. The molecule has 2 aliphatic rings. The van der Waals surface area contributed by atoms with E-state index < -0.39 is 5.97 Å². The summed E-state index contributed by atoms with van der Waals surface area (Å²) in [4.78, 5) is 40.7. The van der Waals surface area contributed by atoms with Crippen LogP contribution < -0.4 is 0 Å². The number of rotatable bonds is 4. The molecule has 2 aliphatic heterocycles. The fourth-order valence-corrected chi connectivity index (χ4v) is 3.51. The number of carboxylic acids is 1. The Labute approximate surface area is 146 Å². The summed E-state index contributed by atoms with van der Waals surface area (Å²) in [7, 11) is 1.74. The van der Waals surface area contributed by atoms with Crippen LogP contribution in [-0.4, -0.2) is 77.5 Å². The Morgan fingerprint density at radius 2 is 2.04 bits per heavy atom. The van der Waals surface area contributed by atoms with Gasteiger partial charge in [0.2, 0.25) is 5.91 Å². The predicted octanol–water partition coefficient (Wildman–Crippen LogP) is 1.46. The molecule has 134 valence electrons. The van der Waals surface area contributed by atoms with E-state index in [1.165, 1.54) is 0 Å². The normalized spacial score (nSPS) is 20.9. The van der Waals surface area contributed by atoms with Crippen molar-refractivity contribution in [2.24, 2.45) is 0 Å². The van der Waals surface area contributed by atoms with Crippen LogP contribution in [0.4, 0.5) is 4.79 Å². The number of benzene rings is 1. The van der Waals surface area contributed by atoms with E-state index in [2.05, 4.69) is 0 Å². The lowest BCUT2D eigenvalue weighted by Crippen LogP contribution is -2.45. The van der Waals surface area contributed by atoms with E-state index in [0.29, 0.717) is 26.2 Å². The van der Waals surface area contributed by atoms with Crippen LogP contribution in [0.15, 0.2) is 24.3 Å². The topological polar surface area (TPSA) is 81.2 Å². The van der Waals surface area contributed by atoms with Gasteiger partial charge in [-0.15, -0.1) is 0 Å². The Bertz CT molecular complexity index is 691. The second-order valence-electron chi connectivity index (χ2n) is 6.74. The summed E-state index contributed by atoms with van der Waals surface area (Å²) in [5, 5.41) is 9.15. The van der Waals surface area contributed by atoms with Gasteiger partial charge in [-0.2, -0.15) is 0 Å². The van der Waals surface area contributed by atoms with E-state index in [4.69, 9.17) is 5.11 Å². The quantitative estimate of drug-likeness (QED) is 0.896. The smallest absolute Gasteiger partial charge is 0.335 e. The third-order valence-corrected chi connectivity index (χ3v) is 5.01. The Kier molecular flexibility index (Phi) is 4.92. The second-order valence-corrected chi connectivity index (χ2v) is 6.74. The van der Waals surface area contributed by atoms with Gasteiger partial charge in [0.1, 0.15) is 6.54 Å². The van der Waals surface area contributed by atoms with Gasteiger partial charge < -0.3 is 19.8 Å². The van der Waals surface area contributed by atoms with Crippen LogP contribution in [0.3, 0.4) is 0 Å². The number of aromatic carboxylic acids is 1. The molecule has 0 bridgehead atoms. The summed E-state index contributed by atoms with van der Waals surface area (Å²) < 4.78 is 0. The molecule has 2 fully saturated rings. The number of likely N-dealkylation sites (tertiary alicyclic amines) is 1. The molecule has 0 aromatic heterocycles. The maximum absolute atomic E-state index is 12.6. The Morgan fingerprint density at radius 3 is 2.72 bits per heavy atom. The van der Waals surface area contributed by atoms with E-state index >= 15 is 0 Å². The van der Waals surface area contributed by atoms with Gasteiger partial charge in [-0.1, -0.05) is 12.1 Å². The predicted molar refractivity (Wildman–Crippen MR) is 91.6 cm³/mol. The first-order valence-electron chi connectivity index (χ1n) is 8.57. The summed E-state index contributed by atoms with van der Waals surface area (Å²) in [5.41, 5.74) is 1.22. The number of carbonyl (C=O) groups excluding carboxylic acids is 2. The summed E-state index contributed by atoms with van der Waals surface area (Å²) in [6.07, 6.45) is 1.81. The minimum atomic E-state index is -0.942. The summed E-state index contributed by atoms with van der Waals surface area (Å²) in [5.74, 6) is -0.848. The van der Waals surface area contributed by atoms with E-state index in [0.717, 1.165) is 18.4 Å². The molecule has 25 heavy (non-hydrogen) atoms. The largest absolute Gasteiger partial charge is 0.478 e. The van der Waals surface area contributed by atoms with E-state index in [9.17, 15) is 14.4 Å². The fraction of sp³-hybridized carbons (Fsp3) is 0.500. The number of carboxylic acid groups (broad SMARTS) is 1. The highest BCUT2D eigenvalue weighted by molar-refractivity contribution is 5.88. The van der Waals surface area contributed by atoms with Crippen LogP contribution in [0.25, 0.3) is 0 Å². The Morgan fingerprint density at radius 1 is 1.24 bits per heavy atom. The van der Waals surface area contributed by atoms with Crippen molar-refractivity contribution < 1.29 is 19.5 Å². The monoisotopic (exact) mass is 345 g/mol. The lowest BCUT2D eigenvalue weighted by Gasteiger charge is -2.34. The average molecular weight is 345 g/mol. The highest BCUT2D eigenvalue weighted by atomic mass is 16.4. The standard InChI is InChI=1S/C18H23N3O4/c1-19-8-9-21(18(19)25)12-16(22)20-7-3-6-15(11-20)13-4-2-5-14(10-13)17(23)24/h2,4-5,10,15H,3,6-9,11-12H2,1H3,(H,23,24)/t15-/m0/s1. The van der Waals surface area contributed by atoms with Crippen molar-refractivity contribution >= 4 is 17.9 Å². The molecule has 0 radical (unpaired) electrons. The van der Waals surface area contributed by atoms with Crippen molar-refractivity contribution in [3.63, 3.8) is 0 Å². The molecule has 3 rings (SSSR count). The molecule has 2 saturated heterocycles. The maximum atomic E-state index is 12.6. The van der Waals surface area contributed by atoms with Gasteiger partial charge in [0.05, 0.1) is 5.56 Å². The van der Waals surface area contributed by atoms with Gasteiger partial charge in [0.25, 0.3) is 0 Å². The molecule has 1 N–H and O–H groups in total. The van der Waals surface area contributed by atoms with Gasteiger partial charge in [-0.3, -0.25) is 4.79 Å². The number of carbonyl (C=O) groups is 3. The fourth-order valence-electron chi connectivity index (χ4n) is 3.51. The number of likely N-dealkylation sites (N-methyl/N-ethyl adjacent to an activating group) is 1. The molecular formula is C18H23N3O4. The Balaban J connectivity index is 1.65. The van der Waals surface area contributed by atoms with Crippen molar-refractivity contribution in [2.45, 2.75) is 18.8 Å². The molecule has 3 amide bonds. The Hall–Kier alpha value is -2.57. The van der Waals surface area contributed by atoms with Crippen LogP contribution in [0.2, 0.25) is 0 Å². The van der Waals surface area contributed by atoms with E-state index in [1.54, 1.807) is 39.9 Å². The van der Waals surface area contributed by atoms with Crippen LogP contribution in [0.5, 0.6) is 0 Å². The van der Waals surface area contributed by atoms with Crippen LogP contribution in [0.1, 0.15) is 34.7 Å². The first kappa shape index (κ1) is 17.3. The number of amides is 3. The first-order chi connectivity index (χ1) is 12.0. The molecule has 0 saturated carbocycles. The molecule has 7 heteroatoms. The maximum Gasteiger partial charge on any atom is 0.335 e. The van der Waals surface area contributed by atoms with Gasteiger partial charge in [0, 0.05) is 39.1 Å². The number of urea groups is 1. The molecule has 1 atom stereocenters. The van der Waals surface area contributed by atoms with Crippen molar-refractivity contribution in [1.82, 2.24) is 14.7 Å². The zero-order valence-corrected chi connectivity index (χ0v) is 14.4. The van der Waals surface area contributed by atoms with Gasteiger partial charge >= 0.3 is 12.0 Å². The molecular weight excluding hydrogens is 322 g/mol. The van der Waals surface area contributed by atoms with Crippen LogP contribution in [0, 0.1) is 0 Å². The third kappa shape index (κ3) is 3.75. The average Bonchev–Trinajstić information content (AvgIpc) is 2.94. The minimum Gasteiger partial charge on any atom is -0.478 e. The summed E-state index contributed by atoms with van der Waals surface area (Å²) in [6, 6.07) is 6.84. The molecule has 0 aliphatic carbocycles. The minimum absolute atomic E-state index is 0.0391. The summed E-state index contributed by atoms with van der Waals surface area (Å²) in [6.45, 7) is 2.60. The van der Waals surface area contributed by atoms with E-state index in [1.807, 2.05) is 6.07 Å². The number of hydrogen-bond acceptors (Lipinski definition) is 3. The molecule has 1 aromatic rings. The number of piperidine rings is 1. The number of nitrogens with zero attached hydrogens (tertiary/aromatic N) is 3. The summed E-state index contributed by atoms with van der Waals surface area (Å²) >= 11 is 0. The molecule has 2 heterocycles. The molecule has 0 spiro atoms. The second kappa shape index (κ2) is 7.13. The van der Waals surface area contributed by atoms with Crippen molar-refractivity contribution in [3.05, 3.63) is 35.4 Å². The van der Waals surface area contributed by atoms with Crippen molar-refractivity contribution in [2.75, 3.05) is 39.8 Å². The number of hydrogen-bond donors (Lipinski definition) is 1. The van der Waals surface area contributed by atoms with Crippen molar-refractivity contribution in [1.29, 1.82) is 0 Å². The first-order valence-corrected chi connectivity index (χ1v) is 8.57. The highest BCUT2D eigenvalue weighted by Gasteiger charge is 2.30. The van der Waals surface area contributed by atoms with Gasteiger partial charge in [-0.05, 0) is 30.5 Å². The highest BCUT2D eigenvalue weighted by Crippen LogP contribution is 2.27. The molecule has 0 unspecified atom stereocenters. The lowest BCUT2D eigenvalue weighted by molar-refractivity contribution is -0.132. The van der Waals surface area contributed by atoms with Crippen LogP contribution >= 0.6 is 0 Å². The molecule has 1 aromatic carbocycles. The SMILES string of the molecule is CN1CCN(CC(=O)N2CCC[C@H](c3cccc(C(=O)O)c3)C2)C1=O. The zero-order valence-electron chi connectivity index (χ0n) is 14.4. The van der Waals surface area contributed by atoms with Crippen LogP contribution in [-0.2, 0) is 4.79 Å². The van der Waals surface area contributed by atoms with Gasteiger partial charge in [-0.25, -0.2) is 9.59 Å². The van der Waals surface area contributed by atoms with Crippen molar-refractivity contribution in [3.8, 4) is 0 Å². The molecule has 7 nitrogen and oxygen atoms in total. The van der Waals surface area contributed by atoms with E-state index in [-0.39, 0.29) is 30.0 Å².